The van der Waals surface area contributed by atoms with Crippen LogP contribution in [0.25, 0.3) is 0 Å². The van der Waals surface area contributed by atoms with E-state index < -0.39 is 11.4 Å². The van der Waals surface area contributed by atoms with Gasteiger partial charge in [0.15, 0.2) is 0 Å². The summed E-state index contributed by atoms with van der Waals surface area (Å²) in [5.74, 6) is -0.846. The van der Waals surface area contributed by atoms with Crippen molar-refractivity contribution in [2.45, 2.75) is 39.7 Å². The molecule has 0 unspecified atom stereocenters. The van der Waals surface area contributed by atoms with Crippen LogP contribution in [0, 0.1) is 5.41 Å². The second-order valence-corrected chi connectivity index (χ2v) is 5.10. The van der Waals surface area contributed by atoms with E-state index in [1.807, 2.05) is 13.8 Å². The highest BCUT2D eigenvalue weighted by atomic mass is 16.5. The van der Waals surface area contributed by atoms with Crippen molar-refractivity contribution in [2.75, 3.05) is 19.7 Å². The zero-order chi connectivity index (χ0) is 13.1. The van der Waals surface area contributed by atoms with Crippen LogP contribution in [0.4, 0.5) is 0 Å². The standard InChI is InChI=1S/C12H21NO4/c1-9(2)17-7-4-10(14)13-6-5-12(3,8-13)11(15)16/h9H,4-8H2,1-3H3,(H,15,16)/t12-/m0/s1. The summed E-state index contributed by atoms with van der Waals surface area (Å²) in [6, 6.07) is 0. The first-order valence-electron chi connectivity index (χ1n) is 5.98. The summed E-state index contributed by atoms with van der Waals surface area (Å²) < 4.78 is 5.31. The highest BCUT2D eigenvalue weighted by Gasteiger charge is 2.41. The fraction of sp³-hybridized carbons (Fsp3) is 0.833. The lowest BCUT2D eigenvalue weighted by Crippen LogP contribution is -2.35. The van der Waals surface area contributed by atoms with E-state index in [-0.39, 0.29) is 12.0 Å². The summed E-state index contributed by atoms with van der Waals surface area (Å²) in [7, 11) is 0. The molecule has 0 aliphatic carbocycles. The van der Waals surface area contributed by atoms with E-state index >= 15 is 0 Å². The van der Waals surface area contributed by atoms with Crippen molar-refractivity contribution >= 4 is 11.9 Å². The lowest BCUT2D eigenvalue weighted by atomic mass is 9.90. The molecule has 0 aromatic carbocycles. The van der Waals surface area contributed by atoms with Gasteiger partial charge in [0.2, 0.25) is 5.91 Å². The molecule has 17 heavy (non-hydrogen) atoms. The van der Waals surface area contributed by atoms with Crippen molar-refractivity contribution in [3.8, 4) is 0 Å². The number of carboxylic acid groups (broad SMARTS) is 1. The maximum absolute atomic E-state index is 11.8. The molecule has 1 N–H and O–H groups in total. The van der Waals surface area contributed by atoms with Gasteiger partial charge in [0, 0.05) is 13.1 Å². The van der Waals surface area contributed by atoms with Crippen molar-refractivity contribution in [1.82, 2.24) is 4.90 Å². The Morgan fingerprint density at radius 2 is 2.12 bits per heavy atom. The van der Waals surface area contributed by atoms with Crippen LogP contribution in [0.1, 0.15) is 33.6 Å². The molecular formula is C12H21NO4. The monoisotopic (exact) mass is 243 g/mol. The fourth-order valence-electron chi connectivity index (χ4n) is 1.89. The highest BCUT2D eigenvalue weighted by Crippen LogP contribution is 2.30. The lowest BCUT2D eigenvalue weighted by Gasteiger charge is -2.20. The van der Waals surface area contributed by atoms with E-state index in [2.05, 4.69) is 0 Å². The molecule has 1 aliphatic heterocycles. The molecule has 1 atom stereocenters. The van der Waals surface area contributed by atoms with Crippen LogP contribution < -0.4 is 0 Å². The molecule has 0 spiro atoms. The van der Waals surface area contributed by atoms with Gasteiger partial charge in [-0.05, 0) is 27.2 Å². The molecule has 5 nitrogen and oxygen atoms in total. The Balaban J connectivity index is 2.38. The average Bonchev–Trinajstić information content (AvgIpc) is 2.62. The van der Waals surface area contributed by atoms with Gasteiger partial charge < -0.3 is 14.7 Å². The third-order valence-electron chi connectivity index (χ3n) is 3.11. The second-order valence-electron chi connectivity index (χ2n) is 5.10. The first kappa shape index (κ1) is 14.0. The van der Waals surface area contributed by atoms with Gasteiger partial charge >= 0.3 is 5.97 Å². The summed E-state index contributed by atoms with van der Waals surface area (Å²) in [4.78, 5) is 24.4. The van der Waals surface area contributed by atoms with Crippen LogP contribution >= 0.6 is 0 Å². The van der Waals surface area contributed by atoms with Crippen LogP contribution in [0.3, 0.4) is 0 Å². The van der Waals surface area contributed by atoms with Crippen LogP contribution in [-0.4, -0.2) is 47.7 Å². The van der Waals surface area contributed by atoms with Crippen molar-refractivity contribution in [2.24, 2.45) is 5.41 Å². The molecule has 1 rings (SSSR count). The molecule has 1 amide bonds. The van der Waals surface area contributed by atoms with E-state index in [4.69, 9.17) is 9.84 Å². The SMILES string of the molecule is CC(C)OCCC(=O)N1CC[C@](C)(C(=O)O)C1. The van der Waals surface area contributed by atoms with Crippen molar-refractivity contribution < 1.29 is 19.4 Å². The quantitative estimate of drug-likeness (QED) is 0.786. The minimum absolute atomic E-state index is 0.0179. The predicted molar refractivity (Wildman–Crippen MR) is 62.6 cm³/mol. The summed E-state index contributed by atoms with van der Waals surface area (Å²) in [6.45, 7) is 6.76. The number of carbonyl (C=O) groups excluding carboxylic acids is 1. The minimum Gasteiger partial charge on any atom is -0.481 e. The molecule has 0 aromatic heterocycles. The Bertz CT molecular complexity index is 303. The molecule has 1 fully saturated rings. The van der Waals surface area contributed by atoms with Gasteiger partial charge in [-0.1, -0.05) is 0 Å². The summed E-state index contributed by atoms with van der Waals surface area (Å²) in [5, 5.41) is 9.06. The zero-order valence-electron chi connectivity index (χ0n) is 10.7. The molecule has 0 radical (unpaired) electrons. The van der Waals surface area contributed by atoms with Crippen molar-refractivity contribution in [3.63, 3.8) is 0 Å². The number of hydrogen-bond donors (Lipinski definition) is 1. The first-order valence-corrected chi connectivity index (χ1v) is 5.98. The Morgan fingerprint density at radius 1 is 1.47 bits per heavy atom. The largest absolute Gasteiger partial charge is 0.481 e. The Hall–Kier alpha value is -1.10. The summed E-state index contributed by atoms with van der Waals surface area (Å²) in [6.07, 6.45) is 0.971. The van der Waals surface area contributed by atoms with Crippen LogP contribution in [0.15, 0.2) is 0 Å². The summed E-state index contributed by atoms with van der Waals surface area (Å²) >= 11 is 0. The fourth-order valence-corrected chi connectivity index (χ4v) is 1.89. The van der Waals surface area contributed by atoms with E-state index in [9.17, 15) is 9.59 Å². The van der Waals surface area contributed by atoms with E-state index in [1.165, 1.54) is 0 Å². The molecule has 98 valence electrons. The van der Waals surface area contributed by atoms with Crippen LogP contribution in [0.5, 0.6) is 0 Å². The third-order valence-corrected chi connectivity index (χ3v) is 3.11. The van der Waals surface area contributed by atoms with Gasteiger partial charge in [-0.15, -0.1) is 0 Å². The second kappa shape index (κ2) is 5.49. The van der Waals surface area contributed by atoms with Gasteiger partial charge in [-0.2, -0.15) is 0 Å². The molecule has 1 saturated heterocycles. The normalized spacial score (nSPS) is 24.4. The zero-order valence-corrected chi connectivity index (χ0v) is 10.7. The lowest BCUT2D eigenvalue weighted by molar-refractivity contribution is -0.147. The minimum atomic E-state index is -0.828. The Labute approximate surface area is 102 Å². The number of aliphatic carboxylic acids is 1. The smallest absolute Gasteiger partial charge is 0.311 e. The van der Waals surface area contributed by atoms with E-state index in [0.29, 0.717) is 32.5 Å². The number of carbonyl (C=O) groups is 2. The van der Waals surface area contributed by atoms with Gasteiger partial charge in [-0.25, -0.2) is 0 Å². The maximum Gasteiger partial charge on any atom is 0.311 e. The number of nitrogens with zero attached hydrogens (tertiary/aromatic N) is 1. The summed E-state index contributed by atoms with van der Waals surface area (Å²) in [5.41, 5.74) is -0.783. The topological polar surface area (TPSA) is 66.8 Å². The average molecular weight is 243 g/mol. The van der Waals surface area contributed by atoms with Crippen molar-refractivity contribution in [1.29, 1.82) is 0 Å². The van der Waals surface area contributed by atoms with Crippen LogP contribution in [-0.2, 0) is 14.3 Å². The molecule has 0 saturated carbocycles. The van der Waals surface area contributed by atoms with Gasteiger partial charge in [0.1, 0.15) is 0 Å². The molecule has 5 heteroatoms. The third kappa shape index (κ3) is 3.70. The number of likely N-dealkylation sites (tertiary alicyclic amines) is 1. The number of amides is 1. The molecular weight excluding hydrogens is 222 g/mol. The van der Waals surface area contributed by atoms with E-state index in [0.717, 1.165) is 0 Å². The van der Waals surface area contributed by atoms with Gasteiger partial charge in [-0.3, -0.25) is 9.59 Å². The Kier molecular flexibility index (Phi) is 4.51. The number of carboxylic acids is 1. The molecule has 0 aromatic rings. The Morgan fingerprint density at radius 3 is 2.59 bits per heavy atom. The number of hydrogen-bond acceptors (Lipinski definition) is 3. The van der Waals surface area contributed by atoms with E-state index in [1.54, 1.807) is 11.8 Å². The maximum atomic E-state index is 11.8. The molecule has 0 bridgehead atoms. The van der Waals surface area contributed by atoms with Gasteiger partial charge in [0.05, 0.1) is 24.5 Å². The van der Waals surface area contributed by atoms with Gasteiger partial charge in [0.25, 0.3) is 0 Å². The number of ether oxygens (including phenoxy) is 1. The highest BCUT2D eigenvalue weighted by molar-refractivity contribution is 5.80. The van der Waals surface area contributed by atoms with Crippen molar-refractivity contribution in [3.05, 3.63) is 0 Å². The number of rotatable bonds is 5. The molecule has 1 heterocycles. The van der Waals surface area contributed by atoms with Crippen LogP contribution in [0.2, 0.25) is 0 Å². The predicted octanol–water partition coefficient (Wildman–Crippen LogP) is 1.12. The first-order chi connectivity index (χ1) is 7.85. The molecule has 1 aliphatic rings.